The molecule has 0 aliphatic heterocycles. The number of carbonyl (C=O) groups is 2. The van der Waals surface area contributed by atoms with Gasteiger partial charge in [-0.05, 0) is 34.1 Å². The first kappa shape index (κ1) is 19.7. The van der Waals surface area contributed by atoms with Crippen LogP contribution in [0.3, 0.4) is 0 Å². The number of hydrogen-bond donors (Lipinski definition) is 2. The number of carbonyl (C=O) groups excluding carboxylic acids is 1. The molecule has 24 heavy (non-hydrogen) atoms. The monoisotopic (exact) mass is 347 g/mol. The van der Waals surface area contributed by atoms with Crippen molar-refractivity contribution in [2.24, 2.45) is 0 Å². The Kier molecular flexibility index (Phi) is 5.80. The Labute approximate surface area is 137 Å². The number of hydrogen-bond acceptors (Lipinski definition) is 3. The molecule has 0 aliphatic rings. The third-order valence-corrected chi connectivity index (χ3v) is 3.13. The van der Waals surface area contributed by atoms with Gasteiger partial charge in [-0.25, -0.2) is 4.79 Å². The molecule has 1 atom stereocenters. The molecule has 0 saturated carbocycles. The summed E-state index contributed by atoms with van der Waals surface area (Å²) < 4.78 is 40.8. The summed E-state index contributed by atoms with van der Waals surface area (Å²) in [6, 6.07) is -1.33. The minimum absolute atomic E-state index is 0.0354. The molecule has 1 aromatic rings. The fraction of sp³-hybridized carbons (Fsp3) is 0.533. The van der Waals surface area contributed by atoms with Crippen LogP contribution < -0.4 is 5.32 Å². The lowest BCUT2D eigenvalue weighted by atomic mass is 10.1. The number of amides is 1. The smallest absolute Gasteiger partial charge is 0.433 e. The number of allylic oxidation sites excluding steroid dienone is 1. The molecule has 1 rings (SSSR count). The first-order chi connectivity index (χ1) is 10.9. The van der Waals surface area contributed by atoms with Crippen molar-refractivity contribution in [2.45, 2.75) is 51.9 Å². The van der Waals surface area contributed by atoms with Crippen LogP contribution in [-0.4, -0.2) is 32.8 Å². The first-order valence-electron chi connectivity index (χ1n) is 7.20. The molecule has 0 aliphatic carbocycles. The molecule has 0 saturated heterocycles. The van der Waals surface area contributed by atoms with Crippen LogP contribution in [0.15, 0.2) is 18.3 Å². The van der Waals surface area contributed by atoms with E-state index in [0.29, 0.717) is 4.68 Å². The van der Waals surface area contributed by atoms with Gasteiger partial charge in [0.1, 0.15) is 6.04 Å². The summed E-state index contributed by atoms with van der Waals surface area (Å²) >= 11 is 0. The number of nitrogens with one attached hydrogen (secondary N) is 1. The normalized spacial score (nSPS) is 14.0. The summed E-state index contributed by atoms with van der Waals surface area (Å²) in [6.45, 7) is 6.21. The molecule has 1 amide bonds. The molecule has 2 N–H and O–H groups in total. The Hall–Kier alpha value is -2.32. The summed E-state index contributed by atoms with van der Waals surface area (Å²) in [5.41, 5.74) is -2.91. The molecule has 1 unspecified atom stereocenters. The Balaban J connectivity index is 3.24. The van der Waals surface area contributed by atoms with Gasteiger partial charge in [-0.1, -0.05) is 12.2 Å². The second-order valence-electron chi connectivity index (χ2n) is 6.16. The van der Waals surface area contributed by atoms with Crippen molar-refractivity contribution in [3.63, 3.8) is 0 Å². The van der Waals surface area contributed by atoms with Crippen LogP contribution in [0.4, 0.5) is 13.2 Å². The third kappa shape index (κ3) is 4.59. The number of aliphatic carboxylic acids is 1. The Bertz CT molecular complexity index is 643. The average molecular weight is 347 g/mol. The lowest BCUT2D eigenvalue weighted by molar-refractivity contribution is -0.146. The van der Waals surface area contributed by atoms with Gasteiger partial charge in [0.25, 0.3) is 5.91 Å². The van der Waals surface area contributed by atoms with Crippen LogP contribution in [-0.2, 0) is 16.5 Å². The van der Waals surface area contributed by atoms with Gasteiger partial charge < -0.3 is 10.4 Å². The van der Waals surface area contributed by atoms with E-state index in [-0.39, 0.29) is 6.42 Å². The van der Waals surface area contributed by atoms with E-state index in [2.05, 4.69) is 10.4 Å². The highest BCUT2D eigenvalue weighted by molar-refractivity contribution is 5.97. The van der Waals surface area contributed by atoms with Crippen molar-refractivity contribution >= 4 is 11.9 Å². The van der Waals surface area contributed by atoms with E-state index >= 15 is 0 Å². The van der Waals surface area contributed by atoms with Crippen LogP contribution in [0.25, 0.3) is 0 Å². The molecule has 6 nitrogen and oxygen atoms in total. The maximum Gasteiger partial charge on any atom is 0.433 e. The van der Waals surface area contributed by atoms with Gasteiger partial charge in [0, 0.05) is 0 Å². The van der Waals surface area contributed by atoms with Gasteiger partial charge in [-0.3, -0.25) is 9.48 Å². The minimum atomic E-state index is -4.81. The topological polar surface area (TPSA) is 84.2 Å². The fourth-order valence-electron chi connectivity index (χ4n) is 2.03. The number of rotatable bonds is 5. The van der Waals surface area contributed by atoms with Crippen molar-refractivity contribution in [3.05, 3.63) is 29.6 Å². The summed E-state index contributed by atoms with van der Waals surface area (Å²) in [5.74, 6) is -2.46. The van der Waals surface area contributed by atoms with Crippen LogP contribution in [0.1, 0.15) is 50.2 Å². The number of carboxylic acids is 1. The number of nitrogens with zero attached hydrogens (tertiary/aromatic N) is 2. The highest BCUT2D eigenvalue weighted by atomic mass is 19.4. The molecule has 0 fully saturated rings. The largest absolute Gasteiger partial charge is 0.480 e. The zero-order valence-electron chi connectivity index (χ0n) is 13.8. The van der Waals surface area contributed by atoms with Crippen molar-refractivity contribution in [1.29, 1.82) is 0 Å². The molecule has 9 heteroatoms. The molecule has 0 aromatic carbocycles. The van der Waals surface area contributed by atoms with Crippen molar-refractivity contribution in [2.75, 3.05) is 0 Å². The van der Waals surface area contributed by atoms with Crippen LogP contribution in [0.5, 0.6) is 0 Å². The highest BCUT2D eigenvalue weighted by Crippen LogP contribution is 2.34. The maximum atomic E-state index is 13.4. The zero-order chi connectivity index (χ0) is 18.7. The van der Waals surface area contributed by atoms with E-state index in [4.69, 9.17) is 5.11 Å². The van der Waals surface area contributed by atoms with Gasteiger partial charge in [0.2, 0.25) is 0 Å². The van der Waals surface area contributed by atoms with Crippen molar-refractivity contribution in [1.82, 2.24) is 15.1 Å². The quantitative estimate of drug-likeness (QED) is 0.802. The molecule has 0 spiro atoms. The number of aromatic nitrogens is 2. The van der Waals surface area contributed by atoms with E-state index in [9.17, 15) is 22.8 Å². The van der Waals surface area contributed by atoms with Gasteiger partial charge in [0.15, 0.2) is 5.69 Å². The Morgan fingerprint density at radius 1 is 1.38 bits per heavy atom. The van der Waals surface area contributed by atoms with Crippen molar-refractivity contribution < 1.29 is 27.9 Å². The molecule has 0 bridgehead atoms. The molecule has 0 radical (unpaired) electrons. The molecule has 1 aromatic heterocycles. The SMILES string of the molecule is C/C=C/CC(NC(=O)c1cnn(C(C)(C)C)c1C(F)(F)F)C(=O)O. The first-order valence-corrected chi connectivity index (χ1v) is 7.20. The highest BCUT2D eigenvalue weighted by Gasteiger charge is 2.42. The third-order valence-electron chi connectivity index (χ3n) is 3.13. The standard InChI is InChI=1S/C15H20F3N3O3/c1-5-6-7-10(13(23)24)20-12(22)9-8-19-21(14(2,3)4)11(9)15(16,17)18/h5-6,8,10H,7H2,1-4H3,(H,20,22)(H,23,24)/b6-5+. The molecule has 1 heterocycles. The fourth-order valence-corrected chi connectivity index (χ4v) is 2.03. The minimum Gasteiger partial charge on any atom is -0.480 e. The average Bonchev–Trinajstić information content (AvgIpc) is 2.87. The Morgan fingerprint density at radius 2 is 1.96 bits per heavy atom. The molecular formula is C15H20F3N3O3. The number of halogens is 3. The number of carboxylic acid groups (broad SMARTS) is 1. The van der Waals surface area contributed by atoms with Crippen LogP contribution in [0, 0.1) is 0 Å². The summed E-state index contributed by atoms with van der Waals surface area (Å²) in [6.07, 6.45) is -0.952. The lowest BCUT2D eigenvalue weighted by Gasteiger charge is -2.24. The van der Waals surface area contributed by atoms with Crippen LogP contribution >= 0.6 is 0 Å². The van der Waals surface area contributed by atoms with E-state index in [1.807, 2.05) is 0 Å². The lowest BCUT2D eigenvalue weighted by Crippen LogP contribution is -2.41. The second-order valence-corrected chi connectivity index (χ2v) is 6.16. The van der Waals surface area contributed by atoms with E-state index in [0.717, 1.165) is 6.20 Å². The van der Waals surface area contributed by atoms with Gasteiger partial charge in [0.05, 0.1) is 17.3 Å². The number of alkyl halides is 3. The van der Waals surface area contributed by atoms with Crippen molar-refractivity contribution in [3.8, 4) is 0 Å². The van der Waals surface area contributed by atoms with E-state index in [1.54, 1.807) is 13.0 Å². The second kappa shape index (κ2) is 7.06. The summed E-state index contributed by atoms with van der Waals surface area (Å²) in [5, 5.41) is 14.8. The van der Waals surface area contributed by atoms with Crippen LogP contribution in [0.2, 0.25) is 0 Å². The molecule has 134 valence electrons. The van der Waals surface area contributed by atoms with E-state index in [1.165, 1.54) is 26.8 Å². The van der Waals surface area contributed by atoms with Gasteiger partial charge in [-0.15, -0.1) is 0 Å². The Morgan fingerprint density at radius 3 is 2.38 bits per heavy atom. The predicted octanol–water partition coefficient (Wildman–Crippen LogP) is 2.81. The van der Waals surface area contributed by atoms with Gasteiger partial charge in [-0.2, -0.15) is 18.3 Å². The van der Waals surface area contributed by atoms with Gasteiger partial charge >= 0.3 is 12.1 Å². The summed E-state index contributed by atoms with van der Waals surface area (Å²) in [7, 11) is 0. The maximum absolute atomic E-state index is 13.4. The summed E-state index contributed by atoms with van der Waals surface area (Å²) in [4.78, 5) is 23.3. The molecular weight excluding hydrogens is 327 g/mol. The zero-order valence-corrected chi connectivity index (χ0v) is 13.8. The van der Waals surface area contributed by atoms with E-state index < -0.39 is 40.9 Å². The predicted molar refractivity (Wildman–Crippen MR) is 80.5 cm³/mol.